The molecule has 0 heterocycles. The number of fused-ring (bicyclic) bond motifs is 3. The Morgan fingerprint density at radius 3 is 2.24 bits per heavy atom. The topological polar surface area (TPSA) is 84.9 Å². The van der Waals surface area contributed by atoms with E-state index in [0.717, 1.165) is 28.7 Å². The van der Waals surface area contributed by atoms with Crippen LogP contribution in [0.15, 0.2) is 61.2 Å². The van der Waals surface area contributed by atoms with Gasteiger partial charge in [-0.25, -0.2) is 4.79 Å². The van der Waals surface area contributed by atoms with Crippen molar-refractivity contribution in [3.63, 3.8) is 0 Å². The van der Waals surface area contributed by atoms with Gasteiger partial charge in [0.05, 0.1) is 6.42 Å². The highest BCUT2D eigenvalue weighted by Crippen LogP contribution is 2.44. The normalized spacial score (nSPS) is 12.8. The number of nitrogens with one attached hydrogen (secondary N) is 1. The third-order valence-electron chi connectivity index (χ3n) is 5.60. The Kier molecular flexibility index (Phi) is 8.24. The molecule has 0 bridgehead atoms. The predicted molar refractivity (Wildman–Crippen MR) is 126 cm³/mol. The number of benzene rings is 2. The van der Waals surface area contributed by atoms with Crippen molar-refractivity contribution in [2.45, 2.75) is 31.7 Å². The molecule has 7 nitrogen and oxygen atoms in total. The van der Waals surface area contributed by atoms with E-state index in [9.17, 15) is 14.4 Å². The zero-order valence-corrected chi connectivity index (χ0v) is 19.1. The highest BCUT2D eigenvalue weighted by atomic mass is 16.5. The number of carbonyl (C=O) groups excluding carboxylic acids is 3. The number of rotatable bonds is 10. The maximum atomic E-state index is 12.8. The Bertz CT molecular complexity index is 974. The van der Waals surface area contributed by atoms with Gasteiger partial charge in [0.15, 0.2) is 0 Å². The quantitative estimate of drug-likeness (QED) is 0.439. The SMILES string of the molecule is C=CCOC(=O)C[C@H](NC(=O)OCC1c2ccccc2-c2ccccc21)C(=O)N(C)CCC. The van der Waals surface area contributed by atoms with E-state index in [4.69, 9.17) is 9.47 Å². The Morgan fingerprint density at radius 2 is 1.67 bits per heavy atom. The van der Waals surface area contributed by atoms with E-state index in [1.807, 2.05) is 43.3 Å². The summed E-state index contributed by atoms with van der Waals surface area (Å²) in [6.07, 6.45) is 1.15. The number of carbonyl (C=O) groups is 3. The first-order valence-electron chi connectivity index (χ1n) is 11.1. The fourth-order valence-corrected chi connectivity index (χ4v) is 4.07. The maximum Gasteiger partial charge on any atom is 0.407 e. The molecular weight excluding hydrogens is 420 g/mol. The average molecular weight is 451 g/mol. The molecular formula is C26H30N2O5. The van der Waals surface area contributed by atoms with Crippen LogP contribution in [0.5, 0.6) is 0 Å². The summed E-state index contributed by atoms with van der Waals surface area (Å²) in [6.45, 7) is 6.10. The zero-order valence-electron chi connectivity index (χ0n) is 19.1. The Labute approximate surface area is 194 Å². The van der Waals surface area contributed by atoms with Crippen LogP contribution in [0.2, 0.25) is 0 Å². The van der Waals surface area contributed by atoms with Crippen LogP contribution in [-0.4, -0.2) is 55.7 Å². The number of hydrogen-bond donors (Lipinski definition) is 1. The van der Waals surface area contributed by atoms with Crippen LogP contribution in [-0.2, 0) is 19.1 Å². The summed E-state index contributed by atoms with van der Waals surface area (Å²) in [5.74, 6) is -1.07. The molecule has 1 aliphatic carbocycles. The van der Waals surface area contributed by atoms with Crippen LogP contribution in [0, 0.1) is 0 Å². The second-order valence-corrected chi connectivity index (χ2v) is 7.96. The van der Waals surface area contributed by atoms with Crippen molar-refractivity contribution in [2.24, 2.45) is 0 Å². The van der Waals surface area contributed by atoms with Crippen LogP contribution in [0.1, 0.15) is 36.8 Å². The van der Waals surface area contributed by atoms with Gasteiger partial charge in [0, 0.05) is 19.5 Å². The van der Waals surface area contributed by atoms with Gasteiger partial charge >= 0.3 is 12.1 Å². The summed E-state index contributed by atoms with van der Waals surface area (Å²) < 4.78 is 10.5. The number of likely N-dealkylation sites (N-methyl/N-ethyl adjacent to an activating group) is 1. The van der Waals surface area contributed by atoms with Gasteiger partial charge in [-0.2, -0.15) is 0 Å². The molecule has 1 atom stereocenters. The van der Waals surface area contributed by atoms with E-state index in [2.05, 4.69) is 24.0 Å². The van der Waals surface area contributed by atoms with Crippen molar-refractivity contribution >= 4 is 18.0 Å². The average Bonchev–Trinajstić information content (AvgIpc) is 3.14. The molecule has 2 aromatic rings. The molecule has 0 spiro atoms. The lowest BCUT2D eigenvalue weighted by molar-refractivity contribution is -0.146. The van der Waals surface area contributed by atoms with Crippen molar-refractivity contribution in [3.8, 4) is 11.1 Å². The molecule has 0 saturated heterocycles. The number of ether oxygens (including phenoxy) is 2. The van der Waals surface area contributed by atoms with Crippen LogP contribution in [0.4, 0.5) is 4.79 Å². The van der Waals surface area contributed by atoms with Crippen molar-refractivity contribution in [3.05, 3.63) is 72.3 Å². The highest BCUT2D eigenvalue weighted by molar-refractivity contribution is 5.89. The number of amides is 2. The van der Waals surface area contributed by atoms with Crippen molar-refractivity contribution in [1.82, 2.24) is 10.2 Å². The smallest absolute Gasteiger partial charge is 0.407 e. The molecule has 33 heavy (non-hydrogen) atoms. The van der Waals surface area contributed by atoms with Crippen molar-refractivity contribution < 1.29 is 23.9 Å². The number of esters is 1. The van der Waals surface area contributed by atoms with Crippen LogP contribution >= 0.6 is 0 Å². The lowest BCUT2D eigenvalue weighted by Crippen LogP contribution is -2.49. The summed E-state index contributed by atoms with van der Waals surface area (Å²) in [5, 5.41) is 2.56. The maximum absolute atomic E-state index is 12.8. The Morgan fingerprint density at radius 1 is 1.06 bits per heavy atom. The molecule has 1 N–H and O–H groups in total. The van der Waals surface area contributed by atoms with Crippen molar-refractivity contribution in [1.29, 1.82) is 0 Å². The minimum Gasteiger partial charge on any atom is -0.461 e. The predicted octanol–water partition coefficient (Wildman–Crippen LogP) is 3.88. The fraction of sp³-hybridized carbons (Fsp3) is 0.346. The van der Waals surface area contributed by atoms with E-state index >= 15 is 0 Å². The van der Waals surface area contributed by atoms with Crippen LogP contribution in [0.3, 0.4) is 0 Å². The molecule has 0 saturated carbocycles. The number of hydrogen-bond acceptors (Lipinski definition) is 5. The third-order valence-corrected chi connectivity index (χ3v) is 5.60. The fourth-order valence-electron chi connectivity index (χ4n) is 4.07. The molecule has 2 amide bonds. The summed E-state index contributed by atoms with van der Waals surface area (Å²) in [5.41, 5.74) is 4.44. The van der Waals surface area contributed by atoms with Gasteiger partial charge in [0.2, 0.25) is 5.91 Å². The molecule has 0 aromatic heterocycles. The largest absolute Gasteiger partial charge is 0.461 e. The van der Waals surface area contributed by atoms with E-state index < -0.39 is 18.1 Å². The minimum atomic E-state index is -1.07. The highest BCUT2D eigenvalue weighted by Gasteiger charge is 2.31. The molecule has 174 valence electrons. The Balaban J connectivity index is 1.68. The minimum absolute atomic E-state index is 0.0372. The summed E-state index contributed by atoms with van der Waals surface area (Å²) in [4.78, 5) is 39.0. The first-order chi connectivity index (χ1) is 16.0. The zero-order chi connectivity index (χ0) is 23.8. The molecule has 1 aliphatic rings. The van der Waals surface area contributed by atoms with Crippen LogP contribution in [0.25, 0.3) is 11.1 Å². The second-order valence-electron chi connectivity index (χ2n) is 7.96. The molecule has 2 aromatic carbocycles. The first kappa shape index (κ1) is 24.0. The molecule has 0 aliphatic heterocycles. The van der Waals surface area contributed by atoms with E-state index in [1.54, 1.807) is 7.05 Å². The molecule has 0 radical (unpaired) electrons. The van der Waals surface area contributed by atoms with Gasteiger partial charge in [-0.15, -0.1) is 0 Å². The standard InChI is InChI=1S/C26H30N2O5/c1-4-14-28(3)25(30)23(16-24(29)32-15-5-2)27-26(31)33-17-22-20-12-8-6-10-18(20)19-11-7-9-13-21(19)22/h5-13,22-23H,2,4,14-17H2,1,3H3,(H,27,31)/t23-/m0/s1. The van der Waals surface area contributed by atoms with Crippen molar-refractivity contribution in [2.75, 3.05) is 26.8 Å². The van der Waals surface area contributed by atoms with Gasteiger partial charge < -0.3 is 19.7 Å². The third kappa shape index (κ3) is 5.80. The van der Waals surface area contributed by atoms with Gasteiger partial charge in [0.25, 0.3) is 0 Å². The number of alkyl carbamates (subject to hydrolysis) is 1. The summed E-state index contributed by atoms with van der Waals surface area (Å²) >= 11 is 0. The van der Waals surface area contributed by atoms with Gasteiger partial charge in [-0.3, -0.25) is 9.59 Å². The summed E-state index contributed by atoms with van der Waals surface area (Å²) in [6, 6.07) is 15.0. The lowest BCUT2D eigenvalue weighted by Gasteiger charge is -2.24. The van der Waals surface area contributed by atoms with Crippen LogP contribution < -0.4 is 5.32 Å². The molecule has 3 rings (SSSR count). The molecule has 0 fully saturated rings. The van der Waals surface area contributed by atoms with Gasteiger partial charge in [0.1, 0.15) is 19.3 Å². The Hall–Kier alpha value is -3.61. The lowest BCUT2D eigenvalue weighted by atomic mass is 9.98. The second kappa shape index (κ2) is 11.3. The van der Waals surface area contributed by atoms with E-state index in [1.165, 1.54) is 11.0 Å². The van der Waals surface area contributed by atoms with E-state index in [-0.39, 0.29) is 31.5 Å². The van der Waals surface area contributed by atoms with Gasteiger partial charge in [-0.05, 0) is 28.7 Å². The first-order valence-corrected chi connectivity index (χ1v) is 11.1. The summed E-state index contributed by atoms with van der Waals surface area (Å²) in [7, 11) is 1.63. The monoisotopic (exact) mass is 450 g/mol. The molecule has 7 heteroatoms. The molecule has 0 unspecified atom stereocenters. The number of nitrogens with zero attached hydrogens (tertiary/aromatic N) is 1. The van der Waals surface area contributed by atoms with Gasteiger partial charge in [-0.1, -0.05) is 68.1 Å². The van der Waals surface area contributed by atoms with E-state index in [0.29, 0.717) is 6.54 Å².